The molecule has 16 heavy (non-hydrogen) atoms. The highest BCUT2D eigenvalue weighted by Crippen LogP contribution is 2.28. The molecule has 0 spiro atoms. The molecule has 2 saturated carbocycles. The van der Waals surface area contributed by atoms with Gasteiger partial charge in [-0.05, 0) is 44.2 Å². The summed E-state index contributed by atoms with van der Waals surface area (Å²) in [5.74, 6) is 0. The number of hydrogen-bond acceptors (Lipinski definition) is 2. The zero-order valence-corrected chi connectivity index (χ0v) is 11.6. The summed E-state index contributed by atoms with van der Waals surface area (Å²) in [4.78, 5) is 0. The first-order valence-electron chi connectivity index (χ1n) is 6.39. The van der Waals surface area contributed by atoms with E-state index < -0.39 is 0 Å². The third-order valence-electron chi connectivity index (χ3n) is 3.76. The van der Waals surface area contributed by atoms with Crippen molar-refractivity contribution < 1.29 is 0 Å². The average Bonchev–Trinajstić information content (AvgIpc) is 2.88. The summed E-state index contributed by atoms with van der Waals surface area (Å²) in [6, 6.07) is 1.23. The minimum Gasteiger partial charge on any atom is -0.360 e. The van der Waals surface area contributed by atoms with E-state index in [1.807, 2.05) is 11.8 Å². The third-order valence-corrected chi connectivity index (χ3v) is 5.17. The van der Waals surface area contributed by atoms with E-state index in [1.165, 1.54) is 44.9 Å². The Morgan fingerprint density at radius 1 is 1.06 bits per heavy atom. The molecule has 2 fully saturated rings. The molecule has 2 N–H and O–H groups in total. The van der Waals surface area contributed by atoms with Crippen molar-refractivity contribution in [3.8, 4) is 0 Å². The van der Waals surface area contributed by atoms with E-state index in [4.69, 9.17) is 12.2 Å². The Kier molecular flexibility index (Phi) is 4.77. The highest BCUT2D eigenvalue weighted by atomic mass is 32.2. The molecule has 0 heterocycles. The molecule has 4 heteroatoms. The first-order chi connectivity index (χ1) is 7.79. The smallest absolute Gasteiger partial charge is 0.166 e. The van der Waals surface area contributed by atoms with Crippen LogP contribution in [-0.2, 0) is 0 Å². The van der Waals surface area contributed by atoms with Crippen LogP contribution < -0.4 is 10.6 Å². The van der Waals surface area contributed by atoms with Crippen LogP contribution in [0.2, 0.25) is 0 Å². The quantitative estimate of drug-likeness (QED) is 0.760. The largest absolute Gasteiger partial charge is 0.360 e. The Morgan fingerprint density at radius 3 is 2.50 bits per heavy atom. The Hall–Kier alpha value is 0.0400. The zero-order chi connectivity index (χ0) is 11.4. The second-order valence-corrected chi connectivity index (χ2v) is 6.40. The van der Waals surface area contributed by atoms with Crippen LogP contribution >= 0.6 is 24.0 Å². The Morgan fingerprint density at radius 2 is 1.81 bits per heavy atom. The van der Waals surface area contributed by atoms with Gasteiger partial charge < -0.3 is 10.6 Å². The van der Waals surface area contributed by atoms with Crippen molar-refractivity contribution in [2.45, 2.75) is 62.3 Å². The number of thioether (sulfide) groups is 1. The minimum absolute atomic E-state index is 0.594. The molecular weight excluding hydrogens is 236 g/mol. The lowest BCUT2D eigenvalue weighted by Crippen LogP contribution is -2.47. The van der Waals surface area contributed by atoms with Gasteiger partial charge in [-0.3, -0.25) is 0 Å². The molecule has 92 valence electrons. The molecule has 2 atom stereocenters. The van der Waals surface area contributed by atoms with Gasteiger partial charge in [-0.25, -0.2) is 0 Å². The van der Waals surface area contributed by atoms with Crippen molar-refractivity contribution in [2.75, 3.05) is 6.26 Å². The fourth-order valence-corrected chi connectivity index (χ4v) is 4.09. The van der Waals surface area contributed by atoms with Crippen LogP contribution in [0.25, 0.3) is 0 Å². The van der Waals surface area contributed by atoms with E-state index >= 15 is 0 Å². The van der Waals surface area contributed by atoms with Crippen molar-refractivity contribution in [3.63, 3.8) is 0 Å². The second-order valence-electron chi connectivity index (χ2n) is 4.91. The van der Waals surface area contributed by atoms with Crippen molar-refractivity contribution >= 4 is 29.1 Å². The van der Waals surface area contributed by atoms with Gasteiger partial charge in [-0.1, -0.05) is 19.3 Å². The maximum absolute atomic E-state index is 5.40. The van der Waals surface area contributed by atoms with Gasteiger partial charge in [0.05, 0.1) is 0 Å². The number of rotatable bonds is 3. The molecule has 0 amide bonds. The van der Waals surface area contributed by atoms with Crippen molar-refractivity contribution in [2.24, 2.45) is 0 Å². The van der Waals surface area contributed by atoms with E-state index in [-0.39, 0.29) is 0 Å². The second kappa shape index (κ2) is 6.10. The fourth-order valence-electron chi connectivity index (χ4n) is 2.84. The number of hydrogen-bond donors (Lipinski definition) is 2. The molecule has 2 aliphatic rings. The SMILES string of the molecule is CSC1CCCC1NC(=S)NC1CCCC1. The summed E-state index contributed by atoms with van der Waals surface area (Å²) in [6.07, 6.45) is 11.5. The molecule has 2 unspecified atom stereocenters. The van der Waals surface area contributed by atoms with E-state index in [0.717, 1.165) is 10.4 Å². The summed E-state index contributed by atoms with van der Waals surface area (Å²) < 4.78 is 0. The topological polar surface area (TPSA) is 24.1 Å². The van der Waals surface area contributed by atoms with E-state index in [0.29, 0.717) is 12.1 Å². The molecule has 0 bridgehead atoms. The van der Waals surface area contributed by atoms with Crippen LogP contribution in [0, 0.1) is 0 Å². The zero-order valence-electron chi connectivity index (χ0n) is 10.00. The van der Waals surface area contributed by atoms with Crippen molar-refractivity contribution in [1.82, 2.24) is 10.6 Å². The first-order valence-corrected chi connectivity index (χ1v) is 8.09. The highest BCUT2D eigenvalue weighted by Gasteiger charge is 2.27. The molecule has 2 aliphatic carbocycles. The third kappa shape index (κ3) is 3.27. The molecule has 0 aliphatic heterocycles. The minimum atomic E-state index is 0.594. The van der Waals surface area contributed by atoms with Gasteiger partial charge in [0, 0.05) is 17.3 Å². The number of nitrogens with one attached hydrogen (secondary N) is 2. The standard InChI is InChI=1S/C12H22N2S2/c1-16-11-8-4-7-10(11)14-12(15)13-9-5-2-3-6-9/h9-11H,2-8H2,1H3,(H2,13,14,15). The molecular formula is C12H22N2S2. The Bertz CT molecular complexity index is 239. The first kappa shape index (κ1) is 12.5. The van der Waals surface area contributed by atoms with Crippen LogP contribution in [0.5, 0.6) is 0 Å². The van der Waals surface area contributed by atoms with Gasteiger partial charge in [-0.15, -0.1) is 0 Å². The van der Waals surface area contributed by atoms with E-state index in [1.54, 1.807) is 0 Å². The summed E-state index contributed by atoms with van der Waals surface area (Å²) in [6.45, 7) is 0. The van der Waals surface area contributed by atoms with Gasteiger partial charge >= 0.3 is 0 Å². The fraction of sp³-hybridized carbons (Fsp3) is 0.917. The molecule has 0 saturated heterocycles. The van der Waals surface area contributed by atoms with E-state index in [2.05, 4.69) is 16.9 Å². The number of thiocarbonyl (C=S) groups is 1. The average molecular weight is 258 g/mol. The maximum Gasteiger partial charge on any atom is 0.166 e. The molecule has 0 aromatic rings. The van der Waals surface area contributed by atoms with Gasteiger partial charge in [0.2, 0.25) is 0 Å². The molecule has 2 nitrogen and oxygen atoms in total. The predicted octanol–water partition coefficient (Wildman–Crippen LogP) is 2.68. The maximum atomic E-state index is 5.40. The summed E-state index contributed by atoms with van der Waals surface area (Å²) in [5, 5.41) is 8.61. The van der Waals surface area contributed by atoms with Crippen LogP contribution in [0.1, 0.15) is 44.9 Å². The molecule has 0 aromatic carbocycles. The Labute approximate surface area is 108 Å². The Balaban J connectivity index is 1.73. The molecule has 0 aromatic heterocycles. The summed E-state index contributed by atoms with van der Waals surface area (Å²) in [5.41, 5.74) is 0. The van der Waals surface area contributed by atoms with Crippen molar-refractivity contribution in [3.05, 3.63) is 0 Å². The monoisotopic (exact) mass is 258 g/mol. The molecule has 2 rings (SSSR count). The van der Waals surface area contributed by atoms with Gasteiger partial charge in [0.1, 0.15) is 0 Å². The van der Waals surface area contributed by atoms with Gasteiger partial charge in [0.25, 0.3) is 0 Å². The van der Waals surface area contributed by atoms with Crippen LogP contribution in [0.15, 0.2) is 0 Å². The lowest BCUT2D eigenvalue weighted by molar-refractivity contribution is 0.587. The molecule has 0 radical (unpaired) electrons. The van der Waals surface area contributed by atoms with Gasteiger partial charge in [0.15, 0.2) is 5.11 Å². The predicted molar refractivity (Wildman–Crippen MR) is 76.1 cm³/mol. The lowest BCUT2D eigenvalue weighted by atomic mass is 10.2. The highest BCUT2D eigenvalue weighted by molar-refractivity contribution is 7.99. The van der Waals surface area contributed by atoms with E-state index in [9.17, 15) is 0 Å². The van der Waals surface area contributed by atoms with Gasteiger partial charge in [-0.2, -0.15) is 11.8 Å². The summed E-state index contributed by atoms with van der Waals surface area (Å²) in [7, 11) is 0. The van der Waals surface area contributed by atoms with Crippen LogP contribution in [0.4, 0.5) is 0 Å². The van der Waals surface area contributed by atoms with Crippen molar-refractivity contribution in [1.29, 1.82) is 0 Å². The summed E-state index contributed by atoms with van der Waals surface area (Å²) >= 11 is 7.37. The van der Waals surface area contributed by atoms with Crippen LogP contribution in [-0.4, -0.2) is 28.7 Å². The lowest BCUT2D eigenvalue weighted by Gasteiger charge is -2.23. The normalized spacial score (nSPS) is 30.6. The van der Waals surface area contributed by atoms with Crippen LogP contribution in [0.3, 0.4) is 0 Å².